The highest BCUT2D eigenvalue weighted by Crippen LogP contribution is 2.10. The third-order valence-corrected chi connectivity index (χ3v) is 3.75. The highest BCUT2D eigenvalue weighted by molar-refractivity contribution is 14.0. The molecular weight excluding hydrogens is 444 g/mol. The van der Waals surface area contributed by atoms with Crippen LogP contribution in [0.25, 0.3) is 11.0 Å². The van der Waals surface area contributed by atoms with E-state index in [4.69, 9.17) is 0 Å². The lowest BCUT2D eigenvalue weighted by atomic mass is 10.2. The second-order valence-corrected chi connectivity index (χ2v) is 5.70. The van der Waals surface area contributed by atoms with Crippen molar-refractivity contribution in [2.45, 2.75) is 19.9 Å². The highest BCUT2D eigenvalue weighted by atomic mass is 127. The van der Waals surface area contributed by atoms with Crippen molar-refractivity contribution in [3.8, 4) is 0 Å². The highest BCUT2D eigenvalue weighted by Gasteiger charge is 2.03. The maximum Gasteiger partial charge on any atom is 0.191 e. The van der Waals surface area contributed by atoms with Gasteiger partial charge in [0.05, 0.1) is 17.6 Å². The van der Waals surface area contributed by atoms with Gasteiger partial charge in [-0.3, -0.25) is 0 Å². The summed E-state index contributed by atoms with van der Waals surface area (Å²) >= 11 is 0. The fourth-order valence-electron chi connectivity index (χ4n) is 2.57. The van der Waals surface area contributed by atoms with Crippen molar-refractivity contribution in [2.24, 2.45) is 4.99 Å². The number of guanidine groups is 1. The number of hydrogen-bond acceptors (Lipinski definition) is 2. The molecule has 0 amide bonds. The van der Waals surface area contributed by atoms with Crippen LogP contribution in [0.15, 0.2) is 53.5 Å². The summed E-state index contributed by atoms with van der Waals surface area (Å²) in [5.41, 5.74) is 2.86. The van der Waals surface area contributed by atoms with Gasteiger partial charge in [-0.25, -0.2) is 14.4 Å². The van der Waals surface area contributed by atoms with Gasteiger partial charge >= 0.3 is 0 Å². The lowest BCUT2D eigenvalue weighted by Gasteiger charge is -2.10. The van der Waals surface area contributed by atoms with Gasteiger partial charge in [-0.2, -0.15) is 0 Å². The molecule has 0 aliphatic rings. The number of H-pyrrole nitrogens is 1. The first-order chi connectivity index (χ1) is 12.2. The number of hydrogen-bond donors (Lipinski definition) is 3. The Labute approximate surface area is 169 Å². The number of fused-ring (bicyclic) bond motifs is 1. The zero-order valence-electron chi connectivity index (χ0n) is 14.6. The standard InChI is InChI=1S/C19H22FN5.HI/c1-2-21-19(23-13-14-6-5-7-15(20)12-14)22-11-10-18-24-16-8-3-4-9-17(16)25-18;/h3-9,12H,2,10-11,13H2,1H3,(H,24,25)(H2,21,22,23);1H. The van der Waals surface area contributed by atoms with Crippen molar-refractivity contribution >= 4 is 41.0 Å². The van der Waals surface area contributed by atoms with Crippen LogP contribution < -0.4 is 10.6 Å². The fraction of sp³-hybridized carbons (Fsp3) is 0.263. The van der Waals surface area contributed by atoms with E-state index in [1.807, 2.05) is 37.3 Å². The molecule has 0 aliphatic carbocycles. The molecule has 26 heavy (non-hydrogen) atoms. The second kappa shape index (κ2) is 10.1. The predicted molar refractivity (Wildman–Crippen MR) is 114 cm³/mol. The molecule has 5 nitrogen and oxygen atoms in total. The molecule has 0 fully saturated rings. The maximum absolute atomic E-state index is 13.2. The molecule has 2 aromatic carbocycles. The topological polar surface area (TPSA) is 65.1 Å². The smallest absolute Gasteiger partial charge is 0.191 e. The second-order valence-electron chi connectivity index (χ2n) is 5.70. The molecule has 0 bridgehead atoms. The molecule has 0 saturated heterocycles. The Bertz CT molecular complexity index is 829. The quantitative estimate of drug-likeness (QED) is 0.295. The molecule has 3 aromatic rings. The first-order valence-corrected chi connectivity index (χ1v) is 8.45. The Kier molecular flexibility index (Phi) is 7.83. The van der Waals surface area contributed by atoms with Crippen LogP contribution in [0.1, 0.15) is 18.3 Å². The largest absolute Gasteiger partial charge is 0.357 e. The molecule has 0 aliphatic heterocycles. The third kappa shape index (κ3) is 5.69. The number of para-hydroxylation sites is 2. The van der Waals surface area contributed by atoms with Crippen LogP contribution in [0.5, 0.6) is 0 Å². The van der Waals surface area contributed by atoms with E-state index in [-0.39, 0.29) is 29.8 Å². The predicted octanol–water partition coefficient (Wildman–Crippen LogP) is 3.62. The van der Waals surface area contributed by atoms with E-state index in [1.165, 1.54) is 12.1 Å². The molecule has 0 unspecified atom stereocenters. The number of nitrogens with zero attached hydrogens (tertiary/aromatic N) is 2. The van der Waals surface area contributed by atoms with Crippen LogP contribution in [0.4, 0.5) is 4.39 Å². The van der Waals surface area contributed by atoms with Gasteiger partial charge in [0.15, 0.2) is 5.96 Å². The summed E-state index contributed by atoms with van der Waals surface area (Å²) in [5.74, 6) is 1.41. The summed E-state index contributed by atoms with van der Waals surface area (Å²) in [6.07, 6.45) is 0.763. The summed E-state index contributed by atoms with van der Waals surface area (Å²) in [5, 5.41) is 6.48. The van der Waals surface area contributed by atoms with Gasteiger partial charge in [0.25, 0.3) is 0 Å². The molecule has 0 radical (unpaired) electrons. The van der Waals surface area contributed by atoms with Crippen LogP contribution in [0.2, 0.25) is 0 Å². The molecule has 3 N–H and O–H groups in total. The molecule has 3 rings (SSSR count). The number of aliphatic imine (C=N–C) groups is 1. The van der Waals surface area contributed by atoms with E-state index in [0.29, 0.717) is 19.0 Å². The van der Waals surface area contributed by atoms with Gasteiger partial charge in [-0.05, 0) is 36.8 Å². The van der Waals surface area contributed by atoms with Crippen LogP contribution in [-0.2, 0) is 13.0 Å². The summed E-state index contributed by atoms with van der Waals surface area (Å²) < 4.78 is 13.2. The summed E-state index contributed by atoms with van der Waals surface area (Å²) in [6, 6.07) is 14.5. The van der Waals surface area contributed by atoms with Crippen LogP contribution >= 0.6 is 24.0 Å². The van der Waals surface area contributed by atoms with E-state index in [1.54, 1.807) is 6.07 Å². The Morgan fingerprint density at radius 3 is 2.77 bits per heavy atom. The van der Waals surface area contributed by atoms with Crippen molar-refractivity contribution in [3.63, 3.8) is 0 Å². The van der Waals surface area contributed by atoms with Crippen molar-refractivity contribution in [1.29, 1.82) is 0 Å². The Hall–Kier alpha value is -2.16. The maximum atomic E-state index is 13.2. The summed E-state index contributed by atoms with van der Waals surface area (Å²) in [4.78, 5) is 12.4. The minimum Gasteiger partial charge on any atom is -0.357 e. The van der Waals surface area contributed by atoms with Crippen LogP contribution in [-0.4, -0.2) is 29.0 Å². The number of aromatic nitrogens is 2. The van der Waals surface area contributed by atoms with Crippen LogP contribution in [0.3, 0.4) is 0 Å². The molecule has 7 heteroatoms. The number of nitrogens with one attached hydrogen (secondary N) is 3. The van der Waals surface area contributed by atoms with E-state index in [9.17, 15) is 4.39 Å². The number of imidazole rings is 1. The molecule has 138 valence electrons. The first kappa shape index (κ1) is 20.2. The van der Waals surface area contributed by atoms with Gasteiger partial charge in [0, 0.05) is 19.5 Å². The van der Waals surface area contributed by atoms with Gasteiger partial charge in [-0.15, -0.1) is 24.0 Å². The Balaban J connectivity index is 0.00000243. The minimum atomic E-state index is -0.240. The van der Waals surface area contributed by atoms with Crippen molar-refractivity contribution in [3.05, 3.63) is 65.7 Å². The number of halogens is 2. The Morgan fingerprint density at radius 2 is 2.00 bits per heavy atom. The van der Waals surface area contributed by atoms with Gasteiger partial charge in [0.2, 0.25) is 0 Å². The molecule has 0 atom stereocenters. The van der Waals surface area contributed by atoms with Gasteiger partial charge < -0.3 is 15.6 Å². The minimum absolute atomic E-state index is 0. The number of rotatable bonds is 6. The van der Waals surface area contributed by atoms with E-state index in [2.05, 4.69) is 25.6 Å². The first-order valence-electron chi connectivity index (χ1n) is 8.45. The number of benzene rings is 2. The summed E-state index contributed by atoms with van der Waals surface area (Å²) in [6.45, 7) is 3.91. The molecule has 0 saturated carbocycles. The van der Waals surface area contributed by atoms with Crippen molar-refractivity contribution in [1.82, 2.24) is 20.6 Å². The third-order valence-electron chi connectivity index (χ3n) is 3.75. The average Bonchev–Trinajstić information content (AvgIpc) is 3.02. The normalized spacial score (nSPS) is 11.2. The van der Waals surface area contributed by atoms with Crippen molar-refractivity contribution in [2.75, 3.05) is 13.1 Å². The zero-order chi connectivity index (χ0) is 17.5. The SMILES string of the molecule is CCNC(=NCc1cccc(F)c1)NCCc1nc2ccccc2[nH]1.I. The lowest BCUT2D eigenvalue weighted by Crippen LogP contribution is -2.38. The Morgan fingerprint density at radius 1 is 1.15 bits per heavy atom. The van der Waals surface area contributed by atoms with Crippen LogP contribution in [0, 0.1) is 5.82 Å². The molecule has 0 spiro atoms. The zero-order valence-corrected chi connectivity index (χ0v) is 17.0. The van der Waals surface area contributed by atoms with Crippen molar-refractivity contribution < 1.29 is 4.39 Å². The van der Waals surface area contributed by atoms with Gasteiger partial charge in [0.1, 0.15) is 11.6 Å². The van der Waals surface area contributed by atoms with E-state index >= 15 is 0 Å². The van der Waals surface area contributed by atoms with Gasteiger partial charge in [-0.1, -0.05) is 24.3 Å². The number of aromatic amines is 1. The average molecular weight is 467 g/mol. The van der Waals surface area contributed by atoms with E-state index < -0.39 is 0 Å². The lowest BCUT2D eigenvalue weighted by molar-refractivity contribution is 0.625. The molecule has 1 heterocycles. The fourth-order valence-corrected chi connectivity index (χ4v) is 2.57. The monoisotopic (exact) mass is 467 g/mol. The molecule has 1 aromatic heterocycles. The molecular formula is C19H23FIN5. The summed E-state index contributed by atoms with van der Waals surface area (Å²) in [7, 11) is 0. The van der Waals surface area contributed by atoms with E-state index in [0.717, 1.165) is 35.4 Å².